The second kappa shape index (κ2) is 9.07. The molecular formula is C18H18N4O5S2. The second-order valence-electron chi connectivity index (χ2n) is 5.85. The van der Waals surface area contributed by atoms with Gasteiger partial charge in [0.05, 0.1) is 23.5 Å². The number of aromatic nitrogens is 2. The van der Waals surface area contributed by atoms with Crippen molar-refractivity contribution in [1.29, 1.82) is 0 Å². The van der Waals surface area contributed by atoms with E-state index < -0.39 is 10.0 Å². The number of carbonyl (C=O) groups excluding carboxylic acids is 1. The van der Waals surface area contributed by atoms with Crippen LogP contribution in [0.5, 0.6) is 5.75 Å². The summed E-state index contributed by atoms with van der Waals surface area (Å²) in [6.45, 7) is 0. The Morgan fingerprint density at radius 1 is 1.17 bits per heavy atom. The molecule has 3 N–H and O–H groups in total. The first-order chi connectivity index (χ1) is 13.8. The highest BCUT2D eigenvalue weighted by molar-refractivity contribution is 7.99. The van der Waals surface area contributed by atoms with E-state index in [1.165, 1.54) is 36.0 Å². The number of anilines is 1. The van der Waals surface area contributed by atoms with Gasteiger partial charge in [0.1, 0.15) is 5.75 Å². The van der Waals surface area contributed by atoms with Gasteiger partial charge in [0, 0.05) is 11.3 Å². The molecule has 0 radical (unpaired) electrons. The van der Waals surface area contributed by atoms with Crippen molar-refractivity contribution in [2.24, 2.45) is 5.14 Å². The number of hydrogen-bond donors (Lipinski definition) is 2. The molecule has 3 aromatic rings. The van der Waals surface area contributed by atoms with E-state index in [0.29, 0.717) is 23.2 Å². The summed E-state index contributed by atoms with van der Waals surface area (Å²) in [7, 11) is -2.17. The van der Waals surface area contributed by atoms with Gasteiger partial charge in [-0.25, -0.2) is 13.6 Å². The number of ether oxygens (including phenoxy) is 1. The Labute approximate surface area is 171 Å². The zero-order chi connectivity index (χ0) is 20.9. The van der Waals surface area contributed by atoms with Gasteiger partial charge in [-0.3, -0.25) is 4.79 Å². The number of primary sulfonamides is 1. The molecule has 0 aliphatic rings. The van der Waals surface area contributed by atoms with Crippen molar-refractivity contribution in [3.63, 3.8) is 0 Å². The number of rotatable bonds is 8. The molecule has 9 nitrogen and oxygen atoms in total. The first-order valence-electron chi connectivity index (χ1n) is 8.32. The van der Waals surface area contributed by atoms with Crippen LogP contribution in [0.2, 0.25) is 0 Å². The molecule has 152 valence electrons. The maximum atomic E-state index is 12.0. The summed E-state index contributed by atoms with van der Waals surface area (Å²) in [6.07, 6.45) is 0. The molecule has 2 aromatic carbocycles. The van der Waals surface area contributed by atoms with Crippen LogP contribution in [0.1, 0.15) is 5.89 Å². The van der Waals surface area contributed by atoms with Gasteiger partial charge in [-0.15, -0.1) is 11.8 Å². The summed E-state index contributed by atoms with van der Waals surface area (Å²) < 4.78 is 32.8. The molecule has 1 aromatic heterocycles. The third kappa shape index (κ3) is 5.79. The molecular weight excluding hydrogens is 416 g/mol. The Hall–Kier alpha value is -2.89. The summed E-state index contributed by atoms with van der Waals surface area (Å²) in [6, 6.07) is 12.9. The number of hydrogen-bond acceptors (Lipinski definition) is 8. The monoisotopic (exact) mass is 434 g/mol. The van der Waals surface area contributed by atoms with Gasteiger partial charge in [-0.1, -0.05) is 5.16 Å². The normalized spacial score (nSPS) is 11.2. The van der Waals surface area contributed by atoms with Gasteiger partial charge in [0.2, 0.25) is 27.6 Å². The lowest BCUT2D eigenvalue weighted by Gasteiger charge is -2.05. The number of methoxy groups -OCH3 is 1. The van der Waals surface area contributed by atoms with Crippen molar-refractivity contribution in [3.05, 3.63) is 54.4 Å². The van der Waals surface area contributed by atoms with Crippen LogP contribution < -0.4 is 15.2 Å². The number of sulfonamides is 1. The molecule has 0 bridgehead atoms. The van der Waals surface area contributed by atoms with Gasteiger partial charge in [-0.05, 0) is 48.5 Å². The molecule has 0 saturated carbocycles. The molecule has 29 heavy (non-hydrogen) atoms. The SMILES string of the molecule is COc1ccc(-c2noc(CSCC(=O)Nc3ccc(S(N)(=O)=O)cc3)n2)cc1. The zero-order valence-corrected chi connectivity index (χ0v) is 17.0. The first kappa shape index (κ1) is 20.8. The van der Waals surface area contributed by atoms with Crippen molar-refractivity contribution in [2.45, 2.75) is 10.6 Å². The summed E-state index contributed by atoms with van der Waals surface area (Å²) in [4.78, 5) is 16.3. The third-order valence-electron chi connectivity index (χ3n) is 3.74. The number of nitrogens with zero attached hydrogens (tertiary/aromatic N) is 2. The largest absolute Gasteiger partial charge is 0.497 e. The lowest BCUT2D eigenvalue weighted by molar-refractivity contribution is -0.113. The second-order valence-corrected chi connectivity index (χ2v) is 8.40. The maximum absolute atomic E-state index is 12.0. The van der Waals surface area contributed by atoms with Crippen molar-refractivity contribution in [3.8, 4) is 17.1 Å². The van der Waals surface area contributed by atoms with Crippen molar-refractivity contribution >= 4 is 33.4 Å². The lowest BCUT2D eigenvalue weighted by Crippen LogP contribution is -2.15. The van der Waals surface area contributed by atoms with Crippen LogP contribution in [0, 0.1) is 0 Å². The molecule has 0 unspecified atom stereocenters. The molecule has 0 fully saturated rings. The van der Waals surface area contributed by atoms with Gasteiger partial charge in [-0.2, -0.15) is 4.98 Å². The Morgan fingerprint density at radius 3 is 2.48 bits per heavy atom. The van der Waals surface area contributed by atoms with E-state index in [2.05, 4.69) is 15.5 Å². The first-order valence-corrected chi connectivity index (χ1v) is 11.0. The van der Waals surface area contributed by atoms with Crippen LogP contribution in [0.3, 0.4) is 0 Å². The average Bonchev–Trinajstić information content (AvgIpc) is 3.16. The number of nitrogens with two attached hydrogens (primary N) is 1. The molecule has 0 spiro atoms. The minimum absolute atomic E-state index is 0.0195. The van der Waals surface area contributed by atoms with E-state index in [9.17, 15) is 13.2 Å². The zero-order valence-electron chi connectivity index (χ0n) is 15.4. The van der Waals surface area contributed by atoms with Gasteiger partial charge in [0.15, 0.2) is 0 Å². The maximum Gasteiger partial charge on any atom is 0.238 e. The number of carbonyl (C=O) groups is 1. The van der Waals surface area contributed by atoms with Crippen LogP contribution in [0.25, 0.3) is 11.4 Å². The quantitative estimate of drug-likeness (QED) is 0.551. The van der Waals surface area contributed by atoms with Crippen LogP contribution in [0.15, 0.2) is 57.9 Å². The highest BCUT2D eigenvalue weighted by Crippen LogP contribution is 2.21. The lowest BCUT2D eigenvalue weighted by atomic mass is 10.2. The van der Waals surface area contributed by atoms with Crippen LogP contribution in [-0.2, 0) is 20.6 Å². The van der Waals surface area contributed by atoms with E-state index >= 15 is 0 Å². The standard InChI is InChI=1S/C18H18N4O5S2/c1-26-14-6-2-12(3-7-14)18-21-17(27-22-18)11-28-10-16(23)20-13-4-8-15(9-5-13)29(19,24)25/h2-9H,10-11H2,1H3,(H,20,23)(H2,19,24,25). The molecule has 1 amide bonds. The molecule has 3 rings (SSSR count). The summed E-state index contributed by atoms with van der Waals surface area (Å²) in [5.74, 6) is 1.90. The number of benzene rings is 2. The highest BCUT2D eigenvalue weighted by Gasteiger charge is 2.11. The van der Waals surface area contributed by atoms with E-state index in [0.717, 1.165) is 11.3 Å². The fraction of sp³-hybridized carbons (Fsp3) is 0.167. The molecule has 0 atom stereocenters. The van der Waals surface area contributed by atoms with Gasteiger partial charge >= 0.3 is 0 Å². The fourth-order valence-electron chi connectivity index (χ4n) is 2.33. The molecule has 0 saturated heterocycles. The fourth-order valence-corrected chi connectivity index (χ4v) is 3.49. The van der Waals surface area contributed by atoms with Crippen LogP contribution in [0.4, 0.5) is 5.69 Å². The Kier molecular flexibility index (Phi) is 6.52. The minimum atomic E-state index is -3.76. The minimum Gasteiger partial charge on any atom is -0.497 e. The van der Waals surface area contributed by atoms with Crippen molar-refractivity contribution in [2.75, 3.05) is 18.2 Å². The van der Waals surface area contributed by atoms with Crippen molar-refractivity contribution < 1.29 is 22.5 Å². The van der Waals surface area contributed by atoms with Crippen LogP contribution >= 0.6 is 11.8 Å². The summed E-state index contributed by atoms with van der Waals surface area (Å²) >= 11 is 1.31. The Bertz CT molecular complexity index is 1080. The average molecular weight is 434 g/mol. The predicted octanol–water partition coefficient (Wildman–Crippen LogP) is 2.26. The van der Waals surface area contributed by atoms with E-state index in [-0.39, 0.29) is 16.6 Å². The van der Waals surface area contributed by atoms with Gasteiger partial charge in [0.25, 0.3) is 0 Å². The number of thioether (sulfide) groups is 1. The molecule has 0 aliphatic carbocycles. The summed E-state index contributed by atoms with van der Waals surface area (Å²) in [5.41, 5.74) is 1.27. The van der Waals surface area contributed by atoms with Crippen molar-refractivity contribution in [1.82, 2.24) is 10.1 Å². The Balaban J connectivity index is 1.48. The number of nitrogens with one attached hydrogen (secondary N) is 1. The van der Waals surface area contributed by atoms with E-state index in [1.807, 2.05) is 12.1 Å². The molecule has 1 heterocycles. The predicted molar refractivity (Wildman–Crippen MR) is 109 cm³/mol. The van der Waals surface area contributed by atoms with Gasteiger partial charge < -0.3 is 14.6 Å². The molecule has 0 aliphatic heterocycles. The highest BCUT2D eigenvalue weighted by atomic mass is 32.2. The van der Waals surface area contributed by atoms with E-state index in [1.54, 1.807) is 19.2 Å². The third-order valence-corrected chi connectivity index (χ3v) is 5.59. The summed E-state index contributed by atoms with van der Waals surface area (Å²) in [5, 5.41) is 11.6. The Morgan fingerprint density at radius 2 is 1.86 bits per heavy atom. The van der Waals surface area contributed by atoms with Crippen LogP contribution in [-0.4, -0.2) is 37.3 Å². The number of amides is 1. The molecule has 11 heteroatoms. The topological polar surface area (TPSA) is 137 Å². The van der Waals surface area contributed by atoms with E-state index in [4.69, 9.17) is 14.4 Å². The smallest absolute Gasteiger partial charge is 0.238 e.